The number of nitrogens with one attached hydrogen (secondary N) is 5. The highest BCUT2D eigenvalue weighted by atomic mass is 32.1. The van der Waals surface area contributed by atoms with Crippen LogP contribution < -0.4 is 26.6 Å². The van der Waals surface area contributed by atoms with Gasteiger partial charge in [0.25, 0.3) is 0 Å². The number of para-hydroxylation sites is 6. The number of pyridine rings is 1. The van der Waals surface area contributed by atoms with Crippen LogP contribution in [-0.2, 0) is 0 Å². The normalized spacial score (nSPS) is 11.1. The number of rotatable bonds is 13. The summed E-state index contributed by atoms with van der Waals surface area (Å²) in [6.07, 6.45) is 3.68. The van der Waals surface area contributed by atoms with Crippen LogP contribution in [0.25, 0.3) is 132 Å². The number of hydrogen-bond donors (Lipinski definition) is 5. The smallest absolute Gasteiger partial charge is 0.137 e. The van der Waals surface area contributed by atoms with Gasteiger partial charge in [0.2, 0.25) is 0 Å². The number of thiophene rings is 3. The van der Waals surface area contributed by atoms with E-state index in [2.05, 4.69) is 358 Å². The molecule has 0 saturated heterocycles. The summed E-state index contributed by atoms with van der Waals surface area (Å²) in [6, 6.07) is 148. The van der Waals surface area contributed by atoms with Crippen LogP contribution in [0.15, 0.2) is 441 Å². The van der Waals surface area contributed by atoms with Crippen molar-refractivity contribution in [1.82, 2.24) is 9.55 Å². The van der Waals surface area contributed by atoms with Crippen LogP contribution in [0, 0.1) is 0 Å². The predicted octanol–water partition coefficient (Wildman–Crippen LogP) is 32.0. The molecular formula is C107H77N7OS3. The first kappa shape index (κ1) is 73.3. The first-order valence-corrected chi connectivity index (χ1v) is 41.8. The number of nitrogens with zero attached hydrogens (tertiary/aromatic N) is 2. The molecule has 17 aromatic carbocycles. The zero-order valence-corrected chi connectivity index (χ0v) is 66.5. The molecule has 118 heavy (non-hydrogen) atoms. The van der Waals surface area contributed by atoms with Gasteiger partial charge in [0.15, 0.2) is 0 Å². The van der Waals surface area contributed by atoms with Crippen molar-refractivity contribution in [2.75, 3.05) is 26.6 Å². The summed E-state index contributed by atoms with van der Waals surface area (Å²) in [7, 11) is 0. The Labute approximate surface area is 695 Å². The molecule has 0 radical (unpaired) electrons. The van der Waals surface area contributed by atoms with E-state index in [4.69, 9.17) is 4.42 Å². The number of furan rings is 1. The Balaban J connectivity index is 0.0000000984. The Bertz CT molecular complexity index is 7180. The second kappa shape index (κ2) is 34.1. The molecule has 0 aliphatic rings. The molecule has 5 N–H and O–H groups in total. The quantitative estimate of drug-likeness (QED) is 0.0786. The fourth-order valence-corrected chi connectivity index (χ4v) is 18.5. The monoisotopic (exact) mass is 1570 g/mol. The fraction of sp³-hybridized carbons (Fsp3) is 0. The molecule has 0 amide bonds. The molecule has 0 aliphatic heterocycles. The fourth-order valence-electron chi connectivity index (χ4n) is 15.2. The van der Waals surface area contributed by atoms with Gasteiger partial charge in [-0.25, -0.2) is 0 Å². The maximum Gasteiger partial charge on any atom is 0.137 e. The maximum absolute atomic E-state index is 5.89. The first-order valence-electron chi connectivity index (χ1n) is 39.3. The third-order valence-corrected chi connectivity index (χ3v) is 24.4. The highest BCUT2D eigenvalue weighted by molar-refractivity contribution is 7.27. The average molecular weight is 1570 g/mol. The van der Waals surface area contributed by atoms with Gasteiger partial charge in [-0.2, -0.15) is 0 Å². The zero-order valence-electron chi connectivity index (χ0n) is 64.1. The van der Waals surface area contributed by atoms with Crippen molar-refractivity contribution in [1.29, 1.82) is 0 Å². The van der Waals surface area contributed by atoms with Gasteiger partial charge in [0.1, 0.15) is 11.2 Å². The van der Waals surface area contributed by atoms with E-state index in [9.17, 15) is 0 Å². The Morgan fingerprint density at radius 1 is 0.220 bits per heavy atom. The molecule has 564 valence electrons. The second-order valence-corrected chi connectivity index (χ2v) is 31.8. The number of fused-ring (bicyclic) bond motifs is 15. The van der Waals surface area contributed by atoms with Crippen molar-refractivity contribution >= 4 is 195 Å². The standard InChI is InChI=1S/C24H18N2.C24H17NS.C23H16N2S.C18H13NO.C18H13NS/c1-3-9-18(10-4-1)25-19-15-16-22-21-13-7-8-14-23(21)26(24(22)17-19)20-11-5-2-6-12-20;1-2-6-17(7-3-1)18-10-12-19(13-11-18)25-20-14-15-24-22(16-20)21-8-4-5-9-23(21)26-24;1-2-6-22-20(5-1)21-14-19(11-12-23(21)26-22)25-18-9-7-16(8-10-18)17-4-3-13-24-15-17;1-2-6-13(7-3-1)19-14-10-11-16-15-8-4-5-9-17(15)20-18(16)12-14;1-2-7-13(8-3-1)19-16-11-6-10-15-14-9-4-5-12-17(14)20-18(15)16/h1-17,25H;1-16,25H;1-15,25H;2*1-12,19H. The van der Waals surface area contributed by atoms with Crippen molar-refractivity contribution in [3.05, 3.63) is 437 Å². The van der Waals surface area contributed by atoms with Crippen LogP contribution in [0.1, 0.15) is 0 Å². The topological polar surface area (TPSA) is 91.1 Å². The van der Waals surface area contributed by atoms with Gasteiger partial charge in [0, 0.05) is 153 Å². The summed E-state index contributed by atoms with van der Waals surface area (Å²) in [4.78, 5) is 4.19. The summed E-state index contributed by atoms with van der Waals surface area (Å²) in [5, 5.41) is 30.3. The molecule has 0 unspecified atom stereocenters. The third kappa shape index (κ3) is 16.2. The molecule has 6 aromatic heterocycles. The molecule has 0 saturated carbocycles. The average Bonchev–Trinajstić information content (AvgIpc) is 1.59. The maximum atomic E-state index is 5.89. The lowest BCUT2D eigenvalue weighted by molar-refractivity contribution is 0.669. The van der Waals surface area contributed by atoms with Crippen LogP contribution in [-0.4, -0.2) is 9.55 Å². The zero-order chi connectivity index (χ0) is 78.8. The summed E-state index contributed by atoms with van der Waals surface area (Å²) in [5.74, 6) is 0. The Morgan fingerprint density at radius 3 is 1.17 bits per heavy atom. The molecule has 0 aliphatic carbocycles. The van der Waals surface area contributed by atoms with Gasteiger partial charge in [-0.15, -0.1) is 34.0 Å². The molecule has 23 rings (SSSR count). The summed E-state index contributed by atoms with van der Waals surface area (Å²) < 4.78 is 16.2. The SMILES string of the molecule is c1ccc(-c2ccc(Nc3ccc4sc5ccccc5c4c3)cc2)cc1.c1ccc(Nc2ccc3c(c2)oc2ccccc23)cc1.c1ccc(Nc2ccc3c4ccccc4n(-c4ccccc4)c3c2)cc1.c1ccc(Nc2cccc3c2sc2ccccc23)cc1.c1cncc(-c2ccc(Nc3ccc4sc5ccccc5c4c3)cc2)c1. The molecule has 8 nitrogen and oxygen atoms in total. The van der Waals surface area contributed by atoms with E-state index < -0.39 is 0 Å². The minimum Gasteiger partial charge on any atom is -0.456 e. The highest BCUT2D eigenvalue weighted by Gasteiger charge is 2.15. The van der Waals surface area contributed by atoms with Crippen molar-refractivity contribution in [3.63, 3.8) is 0 Å². The van der Waals surface area contributed by atoms with Crippen molar-refractivity contribution < 1.29 is 4.42 Å². The van der Waals surface area contributed by atoms with Gasteiger partial charge in [-0.05, 0) is 198 Å². The molecule has 0 fully saturated rings. The minimum atomic E-state index is 0.909. The number of anilines is 10. The Morgan fingerprint density at radius 2 is 0.602 bits per heavy atom. The van der Waals surface area contributed by atoms with Crippen LogP contribution in [0.5, 0.6) is 0 Å². The molecule has 23 aromatic rings. The number of aromatic nitrogens is 2. The Hall–Kier alpha value is -14.9. The van der Waals surface area contributed by atoms with E-state index in [0.29, 0.717) is 0 Å². The van der Waals surface area contributed by atoms with Crippen LogP contribution in [0.2, 0.25) is 0 Å². The van der Waals surface area contributed by atoms with Gasteiger partial charge < -0.3 is 35.6 Å². The molecule has 6 heterocycles. The predicted molar refractivity (Wildman–Crippen MR) is 510 cm³/mol. The van der Waals surface area contributed by atoms with E-state index in [1.807, 2.05) is 143 Å². The lowest BCUT2D eigenvalue weighted by atomic mass is 10.1. The van der Waals surface area contributed by atoms with Crippen LogP contribution in [0.3, 0.4) is 0 Å². The third-order valence-electron chi connectivity index (χ3n) is 20.9. The summed E-state index contributed by atoms with van der Waals surface area (Å²) in [6.45, 7) is 0. The summed E-state index contributed by atoms with van der Waals surface area (Å²) >= 11 is 5.54. The lowest BCUT2D eigenvalue weighted by Crippen LogP contribution is -1.94. The van der Waals surface area contributed by atoms with E-state index in [1.165, 1.54) is 110 Å². The lowest BCUT2D eigenvalue weighted by Gasteiger charge is -2.10. The number of hydrogen-bond acceptors (Lipinski definition) is 10. The molecule has 0 spiro atoms. The van der Waals surface area contributed by atoms with Gasteiger partial charge in [0.05, 0.1) is 21.4 Å². The van der Waals surface area contributed by atoms with E-state index >= 15 is 0 Å². The second-order valence-electron chi connectivity index (χ2n) is 28.6. The van der Waals surface area contributed by atoms with Crippen molar-refractivity contribution in [2.24, 2.45) is 0 Å². The molecular weight excluding hydrogens is 1500 g/mol. The van der Waals surface area contributed by atoms with Crippen molar-refractivity contribution in [3.8, 4) is 27.9 Å². The van der Waals surface area contributed by atoms with Crippen LogP contribution in [0.4, 0.5) is 56.9 Å². The number of benzene rings is 17. The van der Waals surface area contributed by atoms with Crippen LogP contribution >= 0.6 is 34.0 Å². The van der Waals surface area contributed by atoms with E-state index in [1.54, 1.807) is 6.20 Å². The van der Waals surface area contributed by atoms with E-state index in [0.717, 1.165) is 78.7 Å². The van der Waals surface area contributed by atoms with E-state index in [-0.39, 0.29) is 0 Å². The minimum absolute atomic E-state index is 0.909. The molecule has 0 bridgehead atoms. The van der Waals surface area contributed by atoms with Gasteiger partial charge in [-0.1, -0.05) is 243 Å². The molecule has 11 heteroatoms. The highest BCUT2D eigenvalue weighted by Crippen LogP contribution is 2.42. The largest absolute Gasteiger partial charge is 0.456 e. The summed E-state index contributed by atoms with van der Waals surface area (Å²) in [5.41, 5.74) is 21.2. The molecule has 0 atom stereocenters. The first-order chi connectivity index (χ1) is 58.4. The van der Waals surface area contributed by atoms with Crippen molar-refractivity contribution in [2.45, 2.75) is 0 Å². The van der Waals surface area contributed by atoms with Gasteiger partial charge in [-0.3, -0.25) is 4.98 Å². The van der Waals surface area contributed by atoms with Gasteiger partial charge >= 0.3 is 0 Å². The Kier molecular flexibility index (Phi) is 21.2.